The molecule has 2 aliphatic rings. The van der Waals surface area contributed by atoms with Crippen molar-refractivity contribution in [3.8, 4) is 28.2 Å². The molecule has 0 radical (unpaired) electrons. The molecule has 1 aliphatic heterocycles. The molecule has 0 spiro atoms. The molecule has 4 rings (SSSR count). The summed E-state index contributed by atoms with van der Waals surface area (Å²) in [6, 6.07) is 14.9. The van der Waals surface area contributed by atoms with Crippen LogP contribution in [0.4, 0.5) is 0 Å². The van der Waals surface area contributed by atoms with Crippen LogP contribution in [0, 0.1) is 6.92 Å². The predicted octanol–water partition coefficient (Wildman–Crippen LogP) is 5.53. The zero-order chi connectivity index (χ0) is 21.6. The minimum absolute atomic E-state index is 0.0639. The van der Waals surface area contributed by atoms with Crippen molar-refractivity contribution in [1.29, 1.82) is 0 Å². The summed E-state index contributed by atoms with van der Waals surface area (Å²) in [5, 5.41) is 10.7. The smallest absolute Gasteiger partial charge is 0.338 e. The van der Waals surface area contributed by atoms with Gasteiger partial charge in [0.05, 0.1) is 5.56 Å². The van der Waals surface area contributed by atoms with Crippen molar-refractivity contribution in [3.63, 3.8) is 0 Å². The van der Waals surface area contributed by atoms with E-state index in [9.17, 15) is 14.7 Å². The summed E-state index contributed by atoms with van der Waals surface area (Å²) in [5.74, 6) is 0.0733. The molecule has 0 saturated carbocycles. The van der Waals surface area contributed by atoms with Crippen molar-refractivity contribution >= 4 is 16.9 Å². The molecule has 2 aromatic rings. The highest BCUT2D eigenvalue weighted by Gasteiger charge is 2.22. The van der Waals surface area contributed by atoms with Crippen molar-refractivity contribution in [3.05, 3.63) is 75.9 Å². The van der Waals surface area contributed by atoms with E-state index in [1.807, 2.05) is 33.8 Å². The van der Waals surface area contributed by atoms with Gasteiger partial charge in [-0.2, -0.15) is 0 Å². The van der Waals surface area contributed by atoms with Crippen LogP contribution in [0.25, 0.3) is 33.4 Å². The van der Waals surface area contributed by atoms with Crippen LogP contribution in [0.5, 0.6) is 5.75 Å². The number of rotatable bonds is 2. The van der Waals surface area contributed by atoms with E-state index in [1.54, 1.807) is 30.3 Å². The summed E-state index contributed by atoms with van der Waals surface area (Å²) in [5.41, 5.74) is 3.47. The Balaban J connectivity index is 2.02. The molecule has 0 fully saturated rings. The normalized spacial score (nSPS) is 11.7. The lowest BCUT2D eigenvalue weighted by Gasteiger charge is -2.21. The van der Waals surface area contributed by atoms with Gasteiger partial charge in [0.2, 0.25) is 0 Å². The molecular formula is C25H22O5. The van der Waals surface area contributed by atoms with Crippen molar-refractivity contribution in [2.45, 2.75) is 33.3 Å². The fourth-order valence-electron chi connectivity index (χ4n) is 3.50. The number of ether oxygens (including phenoxy) is 1. The third kappa shape index (κ3) is 3.66. The topological polar surface area (TPSA) is 76.7 Å². The number of carbonyl (C=O) groups is 1. The van der Waals surface area contributed by atoms with E-state index < -0.39 is 11.6 Å². The molecule has 1 heterocycles. The Labute approximate surface area is 173 Å². The molecular weight excluding hydrogens is 380 g/mol. The minimum atomic E-state index is -0.602. The summed E-state index contributed by atoms with van der Waals surface area (Å²) in [6.07, 6.45) is 0. The molecule has 0 amide bonds. The van der Waals surface area contributed by atoms with Crippen LogP contribution in [-0.2, 0) is 4.74 Å². The second-order valence-electron chi connectivity index (χ2n) is 8.35. The number of phenolic OH excluding ortho intramolecular Hbond substituents is 1. The van der Waals surface area contributed by atoms with Gasteiger partial charge in [-0.3, -0.25) is 4.79 Å². The van der Waals surface area contributed by atoms with Gasteiger partial charge in [0.25, 0.3) is 0 Å². The van der Waals surface area contributed by atoms with Crippen LogP contribution < -0.4 is 5.43 Å². The predicted molar refractivity (Wildman–Crippen MR) is 116 cm³/mol. The SMILES string of the molecule is Cc1ccc(C(=O)OC(C)(C)C)cc1-c1c2ccc(=O)cc-2oc2cc(O)ccc12. The van der Waals surface area contributed by atoms with Crippen LogP contribution in [0.3, 0.4) is 0 Å². The van der Waals surface area contributed by atoms with E-state index in [4.69, 9.17) is 9.15 Å². The highest BCUT2D eigenvalue weighted by atomic mass is 16.6. The van der Waals surface area contributed by atoms with Crippen molar-refractivity contribution in [1.82, 2.24) is 0 Å². The highest BCUT2D eigenvalue weighted by molar-refractivity contribution is 6.04. The van der Waals surface area contributed by atoms with Gasteiger partial charge in [0.1, 0.15) is 22.7 Å². The second-order valence-corrected chi connectivity index (χ2v) is 8.35. The van der Waals surface area contributed by atoms with Gasteiger partial charge in [-0.05, 0) is 75.2 Å². The van der Waals surface area contributed by atoms with Gasteiger partial charge < -0.3 is 14.3 Å². The number of hydrogen-bond acceptors (Lipinski definition) is 5. The van der Waals surface area contributed by atoms with Gasteiger partial charge in [0, 0.05) is 28.6 Å². The van der Waals surface area contributed by atoms with Gasteiger partial charge in [-0.15, -0.1) is 0 Å². The molecule has 1 N–H and O–H groups in total. The maximum Gasteiger partial charge on any atom is 0.338 e. The molecule has 1 aliphatic carbocycles. The molecule has 2 aromatic carbocycles. The van der Waals surface area contributed by atoms with E-state index in [2.05, 4.69) is 0 Å². The average molecular weight is 402 g/mol. The number of hydrogen-bond donors (Lipinski definition) is 1. The van der Waals surface area contributed by atoms with E-state index in [-0.39, 0.29) is 11.2 Å². The standard InChI is InChI=1S/C25H22O5/c1-14-5-6-15(24(28)30-25(2,3)4)11-20(14)23-18-9-7-16(26)12-21(18)29-22-13-17(27)8-10-19(22)23/h5-13,26H,1-4H3. The molecule has 0 unspecified atom stereocenters. The fourth-order valence-corrected chi connectivity index (χ4v) is 3.50. The van der Waals surface area contributed by atoms with Gasteiger partial charge in [-0.25, -0.2) is 4.79 Å². The Morgan fingerprint density at radius 2 is 1.73 bits per heavy atom. The fraction of sp³-hybridized carbons (Fsp3) is 0.200. The lowest BCUT2D eigenvalue weighted by Crippen LogP contribution is -2.23. The Morgan fingerprint density at radius 3 is 2.47 bits per heavy atom. The maximum atomic E-state index is 12.7. The first-order valence-electron chi connectivity index (χ1n) is 9.66. The Morgan fingerprint density at radius 1 is 0.967 bits per heavy atom. The van der Waals surface area contributed by atoms with Crippen LogP contribution in [0.2, 0.25) is 0 Å². The molecule has 5 nitrogen and oxygen atoms in total. The van der Waals surface area contributed by atoms with Crippen LogP contribution in [-0.4, -0.2) is 16.7 Å². The monoisotopic (exact) mass is 402 g/mol. The van der Waals surface area contributed by atoms with Crippen LogP contribution in [0.15, 0.2) is 63.8 Å². The average Bonchev–Trinajstić information content (AvgIpc) is 2.65. The first-order valence-corrected chi connectivity index (χ1v) is 9.66. The van der Waals surface area contributed by atoms with Crippen LogP contribution in [0.1, 0.15) is 36.7 Å². The zero-order valence-corrected chi connectivity index (χ0v) is 17.3. The zero-order valence-electron chi connectivity index (χ0n) is 17.3. The van der Waals surface area contributed by atoms with Crippen molar-refractivity contribution in [2.75, 3.05) is 0 Å². The number of esters is 1. The summed E-state index contributed by atoms with van der Waals surface area (Å²) in [6.45, 7) is 7.44. The highest BCUT2D eigenvalue weighted by Crippen LogP contribution is 2.42. The number of carbonyl (C=O) groups excluding carboxylic acids is 1. The largest absolute Gasteiger partial charge is 0.508 e. The van der Waals surface area contributed by atoms with Crippen molar-refractivity contribution in [2.24, 2.45) is 0 Å². The van der Waals surface area contributed by atoms with E-state index >= 15 is 0 Å². The number of aromatic hydroxyl groups is 1. The molecule has 0 atom stereocenters. The number of benzene rings is 3. The quantitative estimate of drug-likeness (QED) is 0.352. The first kappa shape index (κ1) is 19.7. The van der Waals surface area contributed by atoms with E-state index in [0.29, 0.717) is 16.9 Å². The summed E-state index contributed by atoms with van der Waals surface area (Å²) < 4.78 is 11.4. The van der Waals surface area contributed by atoms with Gasteiger partial charge in [-0.1, -0.05) is 6.07 Å². The molecule has 5 heteroatoms. The molecule has 0 aromatic heterocycles. The van der Waals surface area contributed by atoms with Gasteiger partial charge in [0.15, 0.2) is 5.43 Å². The lowest BCUT2D eigenvalue weighted by molar-refractivity contribution is 0.00695. The number of fused-ring (bicyclic) bond motifs is 2. The minimum Gasteiger partial charge on any atom is -0.508 e. The third-order valence-corrected chi connectivity index (χ3v) is 4.82. The second kappa shape index (κ2) is 7.02. The Hall–Kier alpha value is -3.60. The third-order valence-electron chi connectivity index (χ3n) is 4.82. The number of aryl methyl sites for hydroxylation is 1. The summed E-state index contributed by atoms with van der Waals surface area (Å²) >= 11 is 0. The van der Waals surface area contributed by atoms with Crippen molar-refractivity contribution < 1.29 is 19.1 Å². The summed E-state index contributed by atoms with van der Waals surface area (Å²) in [4.78, 5) is 24.6. The lowest BCUT2D eigenvalue weighted by atomic mass is 9.90. The Bertz CT molecular complexity index is 1310. The summed E-state index contributed by atoms with van der Waals surface area (Å²) in [7, 11) is 0. The molecule has 0 saturated heterocycles. The molecule has 0 bridgehead atoms. The van der Waals surface area contributed by atoms with E-state index in [1.165, 1.54) is 18.2 Å². The van der Waals surface area contributed by atoms with Gasteiger partial charge >= 0.3 is 5.97 Å². The van der Waals surface area contributed by atoms with Crippen LogP contribution >= 0.6 is 0 Å². The molecule has 152 valence electrons. The number of phenols is 1. The van der Waals surface area contributed by atoms with E-state index in [0.717, 1.165) is 27.6 Å². The Kier molecular flexibility index (Phi) is 4.61. The molecule has 30 heavy (non-hydrogen) atoms. The first-order chi connectivity index (χ1) is 14.1. The maximum absolute atomic E-state index is 12.7.